The molecule has 98 valence electrons. The minimum Gasteiger partial charge on any atom is -0.496 e. The van der Waals surface area contributed by atoms with E-state index in [9.17, 15) is 14.9 Å². The molecule has 0 bridgehead atoms. The number of nitrogens with zero attached hydrogens (tertiary/aromatic N) is 1. The Morgan fingerprint density at radius 2 is 2.28 bits per heavy atom. The lowest BCUT2D eigenvalue weighted by Gasteiger charge is -2.10. The van der Waals surface area contributed by atoms with Gasteiger partial charge in [0.2, 0.25) is 0 Å². The summed E-state index contributed by atoms with van der Waals surface area (Å²) >= 11 is 3.31. The van der Waals surface area contributed by atoms with Gasteiger partial charge in [0.1, 0.15) is 5.75 Å². The molecule has 0 radical (unpaired) electrons. The SMILES string of the molecule is COc1cc([N+](=O)[O-])ccc1C(=O)NCC(C)Br. The van der Waals surface area contributed by atoms with Gasteiger partial charge in [-0.15, -0.1) is 0 Å². The molecular formula is C11H13BrN2O4. The maximum absolute atomic E-state index is 11.8. The number of nitro groups is 1. The smallest absolute Gasteiger partial charge is 0.273 e. The van der Waals surface area contributed by atoms with Gasteiger partial charge in [0.25, 0.3) is 11.6 Å². The number of benzene rings is 1. The largest absolute Gasteiger partial charge is 0.496 e. The predicted molar refractivity (Wildman–Crippen MR) is 70.4 cm³/mol. The maximum atomic E-state index is 11.8. The first-order valence-electron chi connectivity index (χ1n) is 5.20. The third kappa shape index (κ3) is 3.69. The molecule has 1 N–H and O–H groups in total. The van der Waals surface area contributed by atoms with Gasteiger partial charge in [-0.05, 0) is 6.07 Å². The summed E-state index contributed by atoms with van der Waals surface area (Å²) in [5.41, 5.74) is 0.161. The molecule has 1 rings (SSSR count). The Bertz CT molecular complexity index is 462. The van der Waals surface area contributed by atoms with Crippen molar-refractivity contribution in [2.75, 3.05) is 13.7 Å². The van der Waals surface area contributed by atoms with E-state index in [0.29, 0.717) is 6.54 Å². The van der Waals surface area contributed by atoms with Gasteiger partial charge >= 0.3 is 0 Å². The first-order valence-corrected chi connectivity index (χ1v) is 6.12. The number of alkyl halides is 1. The van der Waals surface area contributed by atoms with E-state index in [4.69, 9.17) is 4.74 Å². The second-order valence-corrected chi connectivity index (χ2v) is 5.20. The summed E-state index contributed by atoms with van der Waals surface area (Å²) in [7, 11) is 1.36. The molecule has 6 nitrogen and oxygen atoms in total. The van der Waals surface area contributed by atoms with E-state index in [-0.39, 0.29) is 27.7 Å². The van der Waals surface area contributed by atoms with Crippen LogP contribution in [0.3, 0.4) is 0 Å². The van der Waals surface area contributed by atoms with E-state index in [1.54, 1.807) is 0 Å². The van der Waals surface area contributed by atoms with Gasteiger partial charge in [0.15, 0.2) is 0 Å². The molecule has 0 aliphatic carbocycles. The van der Waals surface area contributed by atoms with Crippen LogP contribution in [0.5, 0.6) is 5.75 Å². The Labute approximate surface area is 113 Å². The second kappa shape index (κ2) is 6.34. The van der Waals surface area contributed by atoms with Crippen molar-refractivity contribution >= 4 is 27.5 Å². The number of amides is 1. The molecule has 0 saturated carbocycles. The standard InChI is InChI=1S/C11H13BrN2O4/c1-7(12)6-13-11(15)9-4-3-8(14(16)17)5-10(9)18-2/h3-5,7H,6H2,1-2H3,(H,13,15). The van der Waals surface area contributed by atoms with Crippen LogP contribution >= 0.6 is 15.9 Å². The van der Waals surface area contributed by atoms with Crippen LogP contribution in [0.15, 0.2) is 18.2 Å². The lowest BCUT2D eigenvalue weighted by atomic mass is 10.1. The molecule has 0 spiro atoms. The average molecular weight is 317 g/mol. The van der Waals surface area contributed by atoms with Crippen molar-refractivity contribution in [2.45, 2.75) is 11.8 Å². The van der Waals surface area contributed by atoms with E-state index in [2.05, 4.69) is 21.2 Å². The topological polar surface area (TPSA) is 81.5 Å². The predicted octanol–water partition coefficient (Wildman–Crippen LogP) is 2.12. The Balaban J connectivity index is 2.95. The summed E-state index contributed by atoms with van der Waals surface area (Å²) in [6.45, 7) is 2.35. The number of nitrogens with one attached hydrogen (secondary N) is 1. The van der Waals surface area contributed by atoms with Gasteiger partial charge < -0.3 is 10.1 Å². The molecule has 1 unspecified atom stereocenters. The molecule has 0 fully saturated rings. The van der Waals surface area contributed by atoms with Crippen LogP contribution in [-0.2, 0) is 0 Å². The van der Waals surface area contributed by atoms with E-state index in [1.807, 2.05) is 6.92 Å². The van der Waals surface area contributed by atoms with Gasteiger partial charge in [-0.3, -0.25) is 14.9 Å². The third-order valence-corrected chi connectivity index (χ3v) is 2.51. The van der Waals surface area contributed by atoms with E-state index in [0.717, 1.165) is 0 Å². The number of carbonyl (C=O) groups is 1. The molecule has 0 aliphatic heterocycles. The quantitative estimate of drug-likeness (QED) is 0.512. The van der Waals surface area contributed by atoms with Crippen LogP contribution in [-0.4, -0.2) is 29.3 Å². The number of ether oxygens (including phenoxy) is 1. The zero-order chi connectivity index (χ0) is 13.7. The van der Waals surface area contributed by atoms with E-state index < -0.39 is 4.92 Å². The number of rotatable bonds is 5. The van der Waals surface area contributed by atoms with Gasteiger partial charge in [-0.25, -0.2) is 0 Å². The van der Waals surface area contributed by atoms with Gasteiger partial charge in [0, 0.05) is 17.4 Å². The lowest BCUT2D eigenvalue weighted by Crippen LogP contribution is -2.28. The van der Waals surface area contributed by atoms with Crippen LogP contribution in [0.1, 0.15) is 17.3 Å². The number of hydrogen-bond acceptors (Lipinski definition) is 4. The highest BCUT2D eigenvalue weighted by Crippen LogP contribution is 2.24. The molecule has 0 aliphatic rings. The number of carbonyl (C=O) groups excluding carboxylic acids is 1. The number of hydrogen-bond donors (Lipinski definition) is 1. The first-order chi connectivity index (χ1) is 8.45. The molecule has 1 amide bonds. The zero-order valence-corrected chi connectivity index (χ0v) is 11.6. The second-order valence-electron chi connectivity index (χ2n) is 3.63. The van der Waals surface area contributed by atoms with Crippen LogP contribution in [0.4, 0.5) is 5.69 Å². The van der Waals surface area contributed by atoms with Gasteiger partial charge in [0.05, 0.1) is 23.7 Å². The number of methoxy groups -OCH3 is 1. The molecule has 1 aromatic carbocycles. The molecule has 7 heteroatoms. The molecule has 1 aromatic rings. The summed E-state index contributed by atoms with van der Waals surface area (Å²) in [5.74, 6) is -0.142. The summed E-state index contributed by atoms with van der Waals surface area (Å²) < 4.78 is 4.99. The van der Waals surface area contributed by atoms with Crippen molar-refractivity contribution in [1.82, 2.24) is 5.32 Å². The van der Waals surface area contributed by atoms with Crippen LogP contribution in [0.25, 0.3) is 0 Å². The van der Waals surface area contributed by atoms with E-state index >= 15 is 0 Å². The Kier molecular flexibility index (Phi) is 5.08. The highest BCUT2D eigenvalue weighted by molar-refractivity contribution is 9.09. The molecule has 0 saturated heterocycles. The molecule has 1 atom stereocenters. The summed E-state index contributed by atoms with van der Waals surface area (Å²) in [5, 5.41) is 13.3. The van der Waals surface area contributed by atoms with Crippen LogP contribution in [0.2, 0.25) is 0 Å². The lowest BCUT2D eigenvalue weighted by molar-refractivity contribution is -0.384. The summed E-state index contributed by atoms with van der Waals surface area (Å²) in [6.07, 6.45) is 0. The van der Waals surface area contributed by atoms with Gasteiger partial charge in [-0.2, -0.15) is 0 Å². The Hall–Kier alpha value is -1.63. The average Bonchev–Trinajstić information content (AvgIpc) is 2.34. The maximum Gasteiger partial charge on any atom is 0.273 e. The normalized spacial score (nSPS) is 11.7. The van der Waals surface area contributed by atoms with Crippen LogP contribution < -0.4 is 10.1 Å². The highest BCUT2D eigenvalue weighted by Gasteiger charge is 2.16. The van der Waals surface area contributed by atoms with Crippen LogP contribution in [0, 0.1) is 10.1 Å². The molecule has 18 heavy (non-hydrogen) atoms. The molecule has 0 heterocycles. The Morgan fingerprint density at radius 1 is 1.61 bits per heavy atom. The number of nitro benzene ring substituents is 1. The fourth-order valence-corrected chi connectivity index (χ4v) is 1.47. The number of non-ortho nitro benzene ring substituents is 1. The van der Waals surface area contributed by atoms with Crippen molar-refractivity contribution in [2.24, 2.45) is 0 Å². The van der Waals surface area contributed by atoms with Crippen molar-refractivity contribution in [3.8, 4) is 5.75 Å². The van der Waals surface area contributed by atoms with Crippen molar-refractivity contribution in [3.63, 3.8) is 0 Å². The molecule has 0 aromatic heterocycles. The van der Waals surface area contributed by atoms with Gasteiger partial charge in [-0.1, -0.05) is 22.9 Å². The number of halogens is 1. The van der Waals surface area contributed by atoms with Crippen molar-refractivity contribution in [3.05, 3.63) is 33.9 Å². The monoisotopic (exact) mass is 316 g/mol. The minimum absolute atomic E-state index is 0.114. The van der Waals surface area contributed by atoms with E-state index in [1.165, 1.54) is 25.3 Å². The fraction of sp³-hybridized carbons (Fsp3) is 0.364. The fourth-order valence-electron chi connectivity index (χ4n) is 1.31. The minimum atomic E-state index is -0.537. The van der Waals surface area contributed by atoms with Crippen molar-refractivity contribution in [1.29, 1.82) is 0 Å². The highest BCUT2D eigenvalue weighted by atomic mass is 79.9. The summed E-state index contributed by atoms with van der Waals surface area (Å²) in [6, 6.07) is 3.88. The Morgan fingerprint density at radius 3 is 2.78 bits per heavy atom. The first kappa shape index (κ1) is 14.4. The summed E-state index contributed by atoms with van der Waals surface area (Å²) in [4.78, 5) is 22.0. The third-order valence-electron chi connectivity index (χ3n) is 2.18. The zero-order valence-electron chi connectivity index (χ0n) is 9.97. The van der Waals surface area contributed by atoms with Crippen molar-refractivity contribution < 1.29 is 14.5 Å². The molecular weight excluding hydrogens is 304 g/mol.